The Bertz CT molecular complexity index is 774. The highest BCUT2D eigenvalue weighted by Crippen LogP contribution is 2.29. The average Bonchev–Trinajstić information content (AvgIpc) is 3.34. The first-order valence-electron chi connectivity index (χ1n) is 7.77. The topological polar surface area (TPSA) is 78.9 Å². The summed E-state index contributed by atoms with van der Waals surface area (Å²) in [5.41, 5.74) is 0. The summed E-state index contributed by atoms with van der Waals surface area (Å²) >= 11 is 11.5. The molecule has 0 aliphatic carbocycles. The van der Waals surface area contributed by atoms with Crippen molar-refractivity contribution in [2.24, 2.45) is 0 Å². The fraction of sp³-hybridized carbons (Fsp3) is 0.222. The van der Waals surface area contributed by atoms with E-state index in [1.165, 1.54) is 12.5 Å². The van der Waals surface area contributed by atoms with Crippen LogP contribution in [0.4, 0.5) is 0 Å². The van der Waals surface area contributed by atoms with Gasteiger partial charge in [-0.15, -0.1) is 0 Å². The number of ketones is 2. The fourth-order valence-electron chi connectivity index (χ4n) is 2.27. The molecule has 0 N–H and O–H groups in total. The van der Waals surface area contributed by atoms with Crippen LogP contribution in [-0.2, 0) is 19.1 Å². The van der Waals surface area contributed by atoms with Crippen LogP contribution in [-0.4, -0.2) is 24.8 Å². The molecule has 0 aromatic carbocycles. The number of halogens is 2. The van der Waals surface area contributed by atoms with Gasteiger partial charge in [0.25, 0.3) is 0 Å². The highest BCUT2D eigenvalue weighted by atomic mass is 35.5. The summed E-state index contributed by atoms with van der Waals surface area (Å²) in [5, 5.41) is 0.252. The zero-order valence-corrected chi connectivity index (χ0v) is 15.0. The minimum atomic E-state index is -0.0979. The second kappa shape index (κ2) is 8.29. The van der Waals surface area contributed by atoms with Gasteiger partial charge < -0.3 is 18.3 Å². The van der Waals surface area contributed by atoms with Crippen molar-refractivity contribution in [3.8, 4) is 0 Å². The SMILES string of the molecule is O=C1CCOC(c2ccco2)=C1Cl.O=C1CCOC(c2ccco2)=C1Cl. The van der Waals surface area contributed by atoms with Gasteiger partial charge in [0.1, 0.15) is 10.1 Å². The summed E-state index contributed by atoms with van der Waals surface area (Å²) in [6, 6.07) is 6.84. The Morgan fingerprint density at radius 2 is 1.15 bits per heavy atom. The maximum absolute atomic E-state index is 11.2. The number of allylic oxidation sites excluding steroid dienone is 2. The van der Waals surface area contributed by atoms with Crippen molar-refractivity contribution in [3.05, 3.63) is 58.4 Å². The molecule has 0 fully saturated rings. The third-order valence-electron chi connectivity index (χ3n) is 3.53. The predicted octanol–water partition coefficient (Wildman–Crippen LogP) is 4.35. The van der Waals surface area contributed by atoms with Crippen molar-refractivity contribution < 1.29 is 27.9 Å². The summed E-state index contributed by atoms with van der Waals surface area (Å²) < 4.78 is 20.6. The number of carbonyl (C=O) groups is 2. The summed E-state index contributed by atoms with van der Waals surface area (Å²) in [6.07, 6.45) is 3.69. The highest BCUT2D eigenvalue weighted by molar-refractivity contribution is 6.45. The lowest BCUT2D eigenvalue weighted by Gasteiger charge is -2.14. The number of Topliss-reactive ketones (excluding diaryl/α,β-unsaturated/α-hetero) is 2. The molecule has 0 unspecified atom stereocenters. The lowest BCUT2D eigenvalue weighted by molar-refractivity contribution is -0.117. The van der Waals surface area contributed by atoms with Gasteiger partial charge in [0.05, 0.1) is 25.7 Å². The van der Waals surface area contributed by atoms with Crippen molar-refractivity contribution in [2.45, 2.75) is 12.8 Å². The Morgan fingerprint density at radius 3 is 1.50 bits per heavy atom. The molecule has 8 heteroatoms. The number of hydrogen-bond donors (Lipinski definition) is 0. The van der Waals surface area contributed by atoms with Crippen molar-refractivity contribution >= 4 is 46.3 Å². The fourth-order valence-corrected chi connectivity index (χ4v) is 2.75. The first-order valence-corrected chi connectivity index (χ1v) is 8.53. The summed E-state index contributed by atoms with van der Waals surface area (Å²) in [6.45, 7) is 0.732. The van der Waals surface area contributed by atoms with Crippen LogP contribution in [0.15, 0.2) is 55.7 Å². The molecule has 2 aliphatic rings. The van der Waals surface area contributed by atoms with Crippen LogP contribution < -0.4 is 0 Å². The monoisotopic (exact) mass is 396 g/mol. The number of ether oxygens (including phenoxy) is 2. The molecule has 2 aliphatic heterocycles. The van der Waals surface area contributed by atoms with Crippen LogP contribution in [0.3, 0.4) is 0 Å². The standard InChI is InChI=1S/2C9H7ClO3/c2*10-8-6(11)3-5-13-9(8)7-2-1-4-12-7/h2*1-2,4H,3,5H2. The number of hydrogen-bond acceptors (Lipinski definition) is 6. The van der Waals surface area contributed by atoms with Gasteiger partial charge in [-0.2, -0.15) is 0 Å². The van der Waals surface area contributed by atoms with Crippen molar-refractivity contribution in [2.75, 3.05) is 13.2 Å². The molecular formula is C18H14Cl2O6. The summed E-state index contributed by atoms with van der Waals surface area (Å²) in [4.78, 5) is 22.4. The number of carbonyl (C=O) groups excluding carboxylic acids is 2. The van der Waals surface area contributed by atoms with E-state index >= 15 is 0 Å². The first kappa shape index (κ1) is 18.4. The Labute approximate surface area is 158 Å². The van der Waals surface area contributed by atoms with E-state index in [1.807, 2.05) is 0 Å². The van der Waals surface area contributed by atoms with E-state index in [1.54, 1.807) is 24.3 Å². The maximum Gasteiger partial charge on any atom is 0.184 e. The molecule has 0 amide bonds. The molecule has 0 saturated carbocycles. The summed E-state index contributed by atoms with van der Waals surface area (Å²) in [7, 11) is 0. The maximum atomic E-state index is 11.2. The molecule has 0 saturated heterocycles. The van der Waals surface area contributed by atoms with E-state index in [4.69, 9.17) is 41.5 Å². The molecule has 0 radical (unpaired) electrons. The van der Waals surface area contributed by atoms with E-state index < -0.39 is 0 Å². The van der Waals surface area contributed by atoms with Crippen molar-refractivity contribution in [1.29, 1.82) is 0 Å². The quantitative estimate of drug-likeness (QED) is 0.750. The van der Waals surface area contributed by atoms with E-state index in [0.717, 1.165) is 0 Å². The molecule has 4 rings (SSSR count). The molecule has 0 spiro atoms. The molecule has 2 aromatic heterocycles. The normalized spacial score (nSPS) is 17.5. The predicted molar refractivity (Wildman–Crippen MR) is 94.1 cm³/mol. The summed E-state index contributed by atoms with van der Waals surface area (Å²) in [5.74, 6) is 1.50. The van der Waals surface area contributed by atoms with Crippen molar-refractivity contribution in [3.63, 3.8) is 0 Å². The molecule has 0 atom stereocenters. The Morgan fingerprint density at radius 1 is 0.731 bits per heavy atom. The van der Waals surface area contributed by atoms with Gasteiger partial charge in [0, 0.05) is 12.8 Å². The Hall–Kier alpha value is -2.44. The molecule has 136 valence electrons. The largest absolute Gasteiger partial charge is 0.488 e. The van der Waals surface area contributed by atoms with Gasteiger partial charge in [-0.05, 0) is 24.3 Å². The molecule has 2 aromatic rings. The van der Waals surface area contributed by atoms with Crippen molar-refractivity contribution in [1.82, 2.24) is 0 Å². The zero-order valence-electron chi connectivity index (χ0n) is 13.5. The van der Waals surface area contributed by atoms with Crippen LogP contribution in [0, 0.1) is 0 Å². The molecule has 0 bridgehead atoms. The third kappa shape index (κ3) is 4.03. The average molecular weight is 397 g/mol. The van der Waals surface area contributed by atoms with Gasteiger partial charge in [-0.1, -0.05) is 23.2 Å². The van der Waals surface area contributed by atoms with Crippen LogP contribution in [0.25, 0.3) is 11.5 Å². The van der Waals surface area contributed by atoms with Crippen LogP contribution >= 0.6 is 23.2 Å². The third-order valence-corrected chi connectivity index (χ3v) is 4.29. The van der Waals surface area contributed by atoms with Crippen LogP contribution in [0.5, 0.6) is 0 Å². The van der Waals surface area contributed by atoms with E-state index in [0.29, 0.717) is 49.1 Å². The van der Waals surface area contributed by atoms with E-state index in [-0.39, 0.29) is 21.6 Å². The number of rotatable bonds is 2. The highest BCUT2D eigenvalue weighted by Gasteiger charge is 2.23. The molecule has 26 heavy (non-hydrogen) atoms. The minimum Gasteiger partial charge on any atom is -0.488 e. The lowest BCUT2D eigenvalue weighted by atomic mass is 10.2. The second-order valence-electron chi connectivity index (χ2n) is 5.28. The molecule has 6 nitrogen and oxygen atoms in total. The smallest absolute Gasteiger partial charge is 0.184 e. The Kier molecular flexibility index (Phi) is 5.85. The van der Waals surface area contributed by atoms with Gasteiger partial charge in [-0.3, -0.25) is 9.59 Å². The number of furan rings is 2. The molecular weight excluding hydrogens is 383 g/mol. The van der Waals surface area contributed by atoms with Gasteiger partial charge in [0.15, 0.2) is 34.6 Å². The van der Waals surface area contributed by atoms with Crippen LogP contribution in [0.1, 0.15) is 24.4 Å². The van der Waals surface area contributed by atoms with Crippen LogP contribution in [0.2, 0.25) is 0 Å². The second-order valence-corrected chi connectivity index (χ2v) is 6.04. The van der Waals surface area contributed by atoms with E-state index in [2.05, 4.69) is 0 Å². The van der Waals surface area contributed by atoms with Gasteiger partial charge >= 0.3 is 0 Å². The minimum absolute atomic E-state index is 0.0979. The molecule has 4 heterocycles. The van der Waals surface area contributed by atoms with E-state index in [9.17, 15) is 9.59 Å². The zero-order chi connectivity index (χ0) is 18.5. The first-order chi connectivity index (χ1) is 12.6. The lowest BCUT2D eigenvalue weighted by Crippen LogP contribution is -2.12. The Balaban J connectivity index is 0.000000151. The van der Waals surface area contributed by atoms with Gasteiger partial charge in [-0.25, -0.2) is 0 Å². The van der Waals surface area contributed by atoms with Gasteiger partial charge in [0.2, 0.25) is 0 Å².